The van der Waals surface area contributed by atoms with Crippen LogP contribution in [0.15, 0.2) is 114 Å². The van der Waals surface area contributed by atoms with E-state index in [1.165, 1.54) is 12.3 Å². The molecule has 0 unspecified atom stereocenters. The van der Waals surface area contributed by atoms with Crippen molar-refractivity contribution >= 4 is 17.8 Å². The summed E-state index contributed by atoms with van der Waals surface area (Å²) in [7, 11) is 0. The highest BCUT2D eigenvalue weighted by atomic mass is 16.6. The van der Waals surface area contributed by atoms with E-state index in [4.69, 9.17) is 0 Å². The van der Waals surface area contributed by atoms with Crippen LogP contribution in [0, 0.1) is 17.0 Å². The molecule has 0 bridgehead atoms. The van der Waals surface area contributed by atoms with E-state index in [9.17, 15) is 14.9 Å². The normalized spacial score (nSPS) is 11.0. The summed E-state index contributed by atoms with van der Waals surface area (Å²) < 4.78 is 1.73. The number of aromatic nitrogens is 2. The summed E-state index contributed by atoms with van der Waals surface area (Å²) in [5, 5.41) is 19.7. The predicted molar refractivity (Wildman–Crippen MR) is 147 cm³/mol. The Balaban J connectivity index is 1.46. The largest absolute Gasteiger partial charge is 0.291 e. The van der Waals surface area contributed by atoms with Gasteiger partial charge in [0.2, 0.25) is 0 Å². The molecule has 38 heavy (non-hydrogen) atoms. The molecule has 0 radical (unpaired) electrons. The zero-order valence-electron chi connectivity index (χ0n) is 20.5. The monoisotopic (exact) mass is 501 g/mol. The number of carbonyl (C=O) groups excluding carboxylic acids is 1. The van der Waals surface area contributed by atoms with Crippen molar-refractivity contribution in [3.8, 4) is 28.1 Å². The highest BCUT2D eigenvalue weighted by Crippen LogP contribution is 2.28. The zero-order chi connectivity index (χ0) is 26.5. The Kier molecular flexibility index (Phi) is 6.86. The summed E-state index contributed by atoms with van der Waals surface area (Å²) >= 11 is 0. The maximum absolute atomic E-state index is 13.0. The first kappa shape index (κ1) is 24.3. The maximum Gasteiger partial charge on any atom is 0.291 e. The SMILES string of the molecule is Cc1cccc(-n2nc(C(=O)N/N=C\c3ccccc3[N+](=O)[O-])cc2-c2ccc(-c3ccccc3)cc2)c1. The van der Waals surface area contributed by atoms with Crippen molar-refractivity contribution in [2.45, 2.75) is 6.92 Å². The van der Waals surface area contributed by atoms with Crippen molar-refractivity contribution in [2.75, 3.05) is 0 Å². The molecule has 0 saturated heterocycles. The fraction of sp³-hybridized carbons (Fsp3) is 0.0333. The van der Waals surface area contributed by atoms with Gasteiger partial charge in [-0.15, -0.1) is 0 Å². The summed E-state index contributed by atoms with van der Waals surface area (Å²) in [5.74, 6) is -0.534. The van der Waals surface area contributed by atoms with Gasteiger partial charge in [0.05, 0.1) is 28.1 Å². The molecule has 4 aromatic carbocycles. The molecule has 0 aliphatic rings. The van der Waals surface area contributed by atoms with Crippen LogP contribution in [0.2, 0.25) is 0 Å². The van der Waals surface area contributed by atoms with Gasteiger partial charge >= 0.3 is 0 Å². The second-order valence-corrected chi connectivity index (χ2v) is 8.62. The highest BCUT2D eigenvalue weighted by Gasteiger charge is 2.17. The van der Waals surface area contributed by atoms with Crippen LogP contribution in [0.5, 0.6) is 0 Å². The zero-order valence-corrected chi connectivity index (χ0v) is 20.5. The van der Waals surface area contributed by atoms with Gasteiger partial charge in [-0.2, -0.15) is 10.2 Å². The molecule has 186 valence electrons. The quantitative estimate of drug-likeness (QED) is 0.163. The summed E-state index contributed by atoms with van der Waals surface area (Å²) in [4.78, 5) is 23.7. The van der Waals surface area contributed by atoms with Crippen LogP contribution in [-0.2, 0) is 0 Å². The van der Waals surface area contributed by atoms with Crippen molar-refractivity contribution in [1.82, 2.24) is 15.2 Å². The topological polar surface area (TPSA) is 102 Å². The van der Waals surface area contributed by atoms with Crippen molar-refractivity contribution in [3.63, 3.8) is 0 Å². The summed E-state index contributed by atoms with van der Waals surface area (Å²) in [6.45, 7) is 1.99. The first-order chi connectivity index (χ1) is 18.5. The molecule has 8 heteroatoms. The lowest BCUT2D eigenvalue weighted by Gasteiger charge is -2.09. The number of nitro benzene ring substituents is 1. The smallest absolute Gasteiger partial charge is 0.265 e. The Bertz CT molecular complexity index is 1640. The molecule has 0 atom stereocenters. The molecular weight excluding hydrogens is 478 g/mol. The number of carbonyl (C=O) groups is 1. The van der Waals surface area contributed by atoms with E-state index in [1.807, 2.05) is 73.7 Å². The fourth-order valence-electron chi connectivity index (χ4n) is 4.10. The Labute approximate surface area is 219 Å². The third kappa shape index (κ3) is 5.24. The lowest BCUT2D eigenvalue weighted by molar-refractivity contribution is -0.385. The lowest BCUT2D eigenvalue weighted by atomic mass is 10.0. The Morgan fingerprint density at radius 3 is 2.29 bits per heavy atom. The van der Waals surface area contributed by atoms with Crippen LogP contribution >= 0.6 is 0 Å². The third-order valence-electron chi connectivity index (χ3n) is 5.98. The number of amides is 1. The average molecular weight is 502 g/mol. The van der Waals surface area contributed by atoms with E-state index in [1.54, 1.807) is 28.9 Å². The standard InChI is InChI=1S/C30H23N5O3/c1-21-8-7-12-26(18-21)34-29(24-16-14-23(15-17-24)22-9-3-2-4-10-22)19-27(33-34)30(36)32-31-20-25-11-5-6-13-28(25)35(37)38/h2-20H,1H3,(H,32,36)/b31-20-. The van der Waals surface area contributed by atoms with Gasteiger partial charge < -0.3 is 0 Å². The summed E-state index contributed by atoms with van der Waals surface area (Å²) in [6, 6.07) is 33.9. The van der Waals surface area contributed by atoms with E-state index in [-0.39, 0.29) is 16.9 Å². The number of para-hydroxylation sites is 1. The molecule has 0 aliphatic heterocycles. The van der Waals surface area contributed by atoms with Crippen LogP contribution in [0.3, 0.4) is 0 Å². The number of rotatable bonds is 7. The van der Waals surface area contributed by atoms with Gasteiger partial charge in [-0.05, 0) is 47.9 Å². The Morgan fingerprint density at radius 1 is 0.868 bits per heavy atom. The molecule has 1 amide bonds. The lowest BCUT2D eigenvalue weighted by Crippen LogP contribution is -2.18. The number of nitrogens with one attached hydrogen (secondary N) is 1. The minimum Gasteiger partial charge on any atom is -0.265 e. The molecule has 0 spiro atoms. The minimum absolute atomic E-state index is 0.101. The van der Waals surface area contributed by atoms with Crippen molar-refractivity contribution < 1.29 is 9.72 Å². The van der Waals surface area contributed by atoms with Crippen LogP contribution in [0.1, 0.15) is 21.6 Å². The first-order valence-corrected chi connectivity index (χ1v) is 11.9. The second kappa shape index (κ2) is 10.7. The van der Waals surface area contributed by atoms with E-state index in [2.05, 4.69) is 27.8 Å². The molecule has 0 fully saturated rings. The maximum atomic E-state index is 13.0. The number of hydrogen-bond acceptors (Lipinski definition) is 5. The van der Waals surface area contributed by atoms with Crippen molar-refractivity contribution in [1.29, 1.82) is 0 Å². The molecule has 1 N–H and O–H groups in total. The molecule has 0 aliphatic carbocycles. The number of aryl methyl sites for hydroxylation is 1. The molecule has 1 heterocycles. The minimum atomic E-state index is -0.534. The van der Waals surface area contributed by atoms with Gasteiger partial charge in [-0.1, -0.05) is 78.9 Å². The summed E-state index contributed by atoms with van der Waals surface area (Å²) in [5.41, 5.74) is 8.47. The number of hydrazone groups is 1. The van der Waals surface area contributed by atoms with Crippen LogP contribution in [0.25, 0.3) is 28.1 Å². The Hall–Kier alpha value is -5.37. The fourth-order valence-corrected chi connectivity index (χ4v) is 4.10. The number of nitro groups is 1. The van der Waals surface area contributed by atoms with Crippen LogP contribution in [-0.4, -0.2) is 26.8 Å². The predicted octanol–water partition coefficient (Wildman–Crippen LogP) is 6.19. The van der Waals surface area contributed by atoms with Gasteiger partial charge in [-0.3, -0.25) is 14.9 Å². The average Bonchev–Trinajstić information content (AvgIpc) is 3.40. The van der Waals surface area contributed by atoms with Crippen LogP contribution in [0.4, 0.5) is 5.69 Å². The summed E-state index contributed by atoms with van der Waals surface area (Å²) in [6.07, 6.45) is 1.25. The van der Waals surface area contributed by atoms with E-state index >= 15 is 0 Å². The second-order valence-electron chi connectivity index (χ2n) is 8.62. The Morgan fingerprint density at radius 2 is 1.55 bits per heavy atom. The first-order valence-electron chi connectivity index (χ1n) is 11.9. The molecule has 0 saturated carbocycles. The van der Waals surface area contributed by atoms with Crippen molar-refractivity contribution in [2.24, 2.45) is 5.10 Å². The third-order valence-corrected chi connectivity index (χ3v) is 5.98. The van der Waals surface area contributed by atoms with Gasteiger partial charge in [0.25, 0.3) is 11.6 Å². The van der Waals surface area contributed by atoms with E-state index in [0.717, 1.165) is 33.6 Å². The van der Waals surface area contributed by atoms with Crippen LogP contribution < -0.4 is 5.43 Å². The number of hydrogen-bond donors (Lipinski definition) is 1. The van der Waals surface area contributed by atoms with Gasteiger partial charge in [-0.25, -0.2) is 10.1 Å². The molecular formula is C30H23N5O3. The highest BCUT2D eigenvalue weighted by molar-refractivity contribution is 5.95. The van der Waals surface area contributed by atoms with Gasteiger partial charge in [0.15, 0.2) is 5.69 Å². The molecule has 1 aromatic heterocycles. The molecule has 5 rings (SSSR count). The van der Waals surface area contributed by atoms with Gasteiger partial charge in [0.1, 0.15) is 0 Å². The van der Waals surface area contributed by atoms with E-state index < -0.39 is 10.8 Å². The number of nitrogens with zero attached hydrogens (tertiary/aromatic N) is 4. The van der Waals surface area contributed by atoms with Gasteiger partial charge in [0, 0.05) is 11.6 Å². The molecule has 8 nitrogen and oxygen atoms in total. The van der Waals surface area contributed by atoms with E-state index in [0.29, 0.717) is 0 Å². The molecule has 5 aromatic rings. The number of benzene rings is 4. The van der Waals surface area contributed by atoms with Crippen molar-refractivity contribution in [3.05, 3.63) is 136 Å².